The van der Waals surface area contributed by atoms with Crippen molar-refractivity contribution < 1.29 is 29.4 Å². The predicted molar refractivity (Wildman–Crippen MR) is 101 cm³/mol. The van der Waals surface area contributed by atoms with Crippen LogP contribution in [-0.4, -0.2) is 76.0 Å². The monoisotopic (exact) mass is 393 g/mol. The van der Waals surface area contributed by atoms with Gasteiger partial charge in [0.05, 0.1) is 12.5 Å². The van der Waals surface area contributed by atoms with E-state index in [0.29, 0.717) is 6.54 Å². The fourth-order valence-corrected chi connectivity index (χ4v) is 2.49. The number of rotatable bonds is 6. The van der Waals surface area contributed by atoms with Gasteiger partial charge in [0, 0.05) is 6.54 Å². The normalized spacial score (nSPS) is 18.4. The van der Waals surface area contributed by atoms with Crippen molar-refractivity contribution in [2.45, 2.75) is 45.0 Å². The summed E-state index contributed by atoms with van der Waals surface area (Å²) in [7, 11) is 3.50. The summed E-state index contributed by atoms with van der Waals surface area (Å²) in [5, 5.41) is 18.5. The molecule has 9 nitrogen and oxygen atoms in total. The first kappa shape index (κ1) is 23.3. The molecule has 3 N–H and O–H groups in total. The lowest BCUT2D eigenvalue weighted by Gasteiger charge is -2.23. The quantitative estimate of drug-likeness (QED) is 0.573. The predicted octanol–water partition coefficient (Wildman–Crippen LogP) is -0.168. The first-order chi connectivity index (χ1) is 13.1. The Bertz CT molecular complexity index is 705. The van der Waals surface area contributed by atoms with E-state index in [-0.39, 0.29) is 24.1 Å². The zero-order valence-corrected chi connectivity index (χ0v) is 16.5. The first-order valence-corrected chi connectivity index (χ1v) is 8.81. The number of nitrogens with one attached hydrogen (secondary N) is 1. The van der Waals surface area contributed by atoms with Crippen molar-refractivity contribution in [1.82, 2.24) is 15.1 Å². The van der Waals surface area contributed by atoms with E-state index >= 15 is 0 Å². The Kier molecular flexibility index (Phi) is 8.75. The van der Waals surface area contributed by atoms with Crippen molar-refractivity contribution in [2.24, 2.45) is 0 Å². The van der Waals surface area contributed by atoms with Crippen LogP contribution in [0.3, 0.4) is 0 Å². The van der Waals surface area contributed by atoms with Crippen LogP contribution < -0.4 is 5.32 Å². The SMILES string of the molecule is CC(O)C(=O)O.C[C@@H](C(=O)NCc1ccccc1)N1C(=O)CC(N(C)C)C1=O. The van der Waals surface area contributed by atoms with Gasteiger partial charge in [0.25, 0.3) is 0 Å². The molecular formula is C19H27N3O6. The van der Waals surface area contributed by atoms with Gasteiger partial charge >= 0.3 is 5.97 Å². The van der Waals surface area contributed by atoms with Crippen molar-refractivity contribution in [1.29, 1.82) is 0 Å². The molecule has 0 aliphatic carbocycles. The number of carboxylic acid groups (broad SMARTS) is 1. The van der Waals surface area contributed by atoms with E-state index in [1.165, 1.54) is 6.92 Å². The molecule has 0 aromatic heterocycles. The smallest absolute Gasteiger partial charge is 0.332 e. The van der Waals surface area contributed by atoms with Gasteiger partial charge in [-0.1, -0.05) is 30.3 Å². The van der Waals surface area contributed by atoms with Crippen molar-refractivity contribution in [3.63, 3.8) is 0 Å². The summed E-state index contributed by atoms with van der Waals surface area (Å²) in [4.78, 5) is 48.7. The van der Waals surface area contributed by atoms with E-state index in [2.05, 4.69) is 5.32 Å². The molecule has 3 atom stereocenters. The highest BCUT2D eigenvalue weighted by molar-refractivity contribution is 6.08. The van der Waals surface area contributed by atoms with Crippen LogP contribution in [0.4, 0.5) is 0 Å². The molecule has 0 spiro atoms. The molecule has 9 heteroatoms. The number of hydrogen-bond acceptors (Lipinski definition) is 6. The standard InChI is InChI=1S/C16H21N3O3.C3H6O3/c1-11(15(21)17-10-12-7-5-4-6-8-12)19-14(20)9-13(16(19)22)18(2)3;1-2(4)3(5)6/h4-8,11,13H,9-10H2,1-3H3,(H,17,21);2,4H,1H3,(H,5,6)/t11-,13?;/m0./s1. The summed E-state index contributed by atoms with van der Waals surface area (Å²) in [6, 6.07) is 8.21. The van der Waals surface area contributed by atoms with Gasteiger partial charge in [0.2, 0.25) is 17.7 Å². The molecule has 2 unspecified atom stereocenters. The molecule has 1 aromatic carbocycles. The van der Waals surface area contributed by atoms with Crippen molar-refractivity contribution in [3.05, 3.63) is 35.9 Å². The van der Waals surface area contributed by atoms with E-state index in [4.69, 9.17) is 10.2 Å². The fraction of sp³-hybridized carbons (Fsp3) is 0.474. The second kappa shape index (κ2) is 10.5. The Morgan fingerprint density at radius 3 is 2.18 bits per heavy atom. The lowest BCUT2D eigenvalue weighted by molar-refractivity contribution is -0.147. The van der Waals surface area contributed by atoms with E-state index in [1.54, 1.807) is 25.9 Å². The highest BCUT2D eigenvalue weighted by atomic mass is 16.4. The third-order valence-corrected chi connectivity index (χ3v) is 4.22. The summed E-state index contributed by atoms with van der Waals surface area (Å²) >= 11 is 0. The molecule has 1 heterocycles. The molecule has 3 amide bonds. The Balaban J connectivity index is 0.000000568. The Morgan fingerprint density at radius 2 is 1.75 bits per heavy atom. The highest BCUT2D eigenvalue weighted by Gasteiger charge is 2.43. The van der Waals surface area contributed by atoms with Gasteiger partial charge in [-0.2, -0.15) is 0 Å². The number of nitrogens with zero attached hydrogens (tertiary/aromatic N) is 2. The second-order valence-electron chi connectivity index (χ2n) is 6.68. The third-order valence-electron chi connectivity index (χ3n) is 4.22. The summed E-state index contributed by atoms with van der Waals surface area (Å²) in [6.45, 7) is 3.15. The third kappa shape index (κ3) is 6.43. The van der Waals surface area contributed by atoms with E-state index in [0.717, 1.165) is 10.5 Å². The molecule has 28 heavy (non-hydrogen) atoms. The molecule has 154 valence electrons. The van der Waals surface area contributed by atoms with Crippen molar-refractivity contribution in [3.8, 4) is 0 Å². The van der Waals surface area contributed by atoms with Gasteiger partial charge < -0.3 is 15.5 Å². The number of likely N-dealkylation sites (N-methyl/N-ethyl adjacent to an activating group) is 1. The largest absolute Gasteiger partial charge is 0.479 e. The van der Waals surface area contributed by atoms with E-state index < -0.39 is 24.2 Å². The number of aliphatic carboxylic acids is 1. The van der Waals surface area contributed by atoms with Crippen LogP contribution in [-0.2, 0) is 25.7 Å². The number of likely N-dealkylation sites (tertiary alicyclic amines) is 1. The maximum Gasteiger partial charge on any atom is 0.332 e. The molecule has 1 aromatic rings. The maximum atomic E-state index is 12.3. The summed E-state index contributed by atoms with van der Waals surface area (Å²) in [6.07, 6.45) is -1.10. The van der Waals surface area contributed by atoms with Crippen LogP contribution in [0.5, 0.6) is 0 Å². The average molecular weight is 393 g/mol. The van der Waals surface area contributed by atoms with Crippen molar-refractivity contribution in [2.75, 3.05) is 14.1 Å². The molecule has 1 aliphatic rings. The average Bonchev–Trinajstić information content (AvgIpc) is 2.95. The molecule has 0 saturated carbocycles. The minimum absolute atomic E-state index is 0.127. The highest BCUT2D eigenvalue weighted by Crippen LogP contribution is 2.19. The molecule has 0 bridgehead atoms. The van der Waals surface area contributed by atoms with Gasteiger partial charge in [-0.05, 0) is 33.5 Å². The lowest BCUT2D eigenvalue weighted by atomic mass is 10.2. The Hall–Kier alpha value is -2.78. The number of aliphatic hydroxyl groups excluding tert-OH is 1. The molecule has 1 saturated heterocycles. The molecular weight excluding hydrogens is 366 g/mol. The molecule has 0 radical (unpaired) electrons. The number of carboxylic acids is 1. The van der Waals surface area contributed by atoms with Crippen LogP contribution in [0.15, 0.2) is 30.3 Å². The van der Waals surface area contributed by atoms with Gasteiger partial charge in [-0.25, -0.2) is 4.79 Å². The number of imide groups is 1. The van der Waals surface area contributed by atoms with E-state index in [1.807, 2.05) is 30.3 Å². The van der Waals surface area contributed by atoms with Gasteiger partial charge in [0.1, 0.15) is 12.1 Å². The molecule has 2 rings (SSSR count). The lowest BCUT2D eigenvalue weighted by Crippen LogP contribution is -2.49. The number of hydrogen-bond donors (Lipinski definition) is 3. The van der Waals surface area contributed by atoms with E-state index in [9.17, 15) is 19.2 Å². The van der Waals surface area contributed by atoms with Crippen molar-refractivity contribution >= 4 is 23.7 Å². The van der Waals surface area contributed by atoms with Crippen LogP contribution in [0, 0.1) is 0 Å². The Labute approximate surface area is 163 Å². The maximum absolute atomic E-state index is 12.3. The van der Waals surface area contributed by atoms with Crippen LogP contribution >= 0.6 is 0 Å². The number of aliphatic hydroxyl groups is 1. The summed E-state index contributed by atoms with van der Waals surface area (Å²) in [5.74, 6) is -2.12. The second-order valence-corrected chi connectivity index (χ2v) is 6.68. The number of amides is 3. The van der Waals surface area contributed by atoms with Crippen LogP contribution in [0.1, 0.15) is 25.8 Å². The number of carbonyl (C=O) groups excluding carboxylic acids is 3. The number of carbonyl (C=O) groups is 4. The molecule has 1 aliphatic heterocycles. The minimum Gasteiger partial charge on any atom is -0.479 e. The summed E-state index contributed by atoms with van der Waals surface area (Å²) in [5.41, 5.74) is 0.966. The molecule has 1 fully saturated rings. The zero-order chi connectivity index (χ0) is 21.4. The van der Waals surface area contributed by atoms with Crippen LogP contribution in [0.25, 0.3) is 0 Å². The van der Waals surface area contributed by atoms with Crippen LogP contribution in [0.2, 0.25) is 0 Å². The minimum atomic E-state index is -1.23. The Morgan fingerprint density at radius 1 is 1.21 bits per heavy atom. The van der Waals surface area contributed by atoms with Gasteiger partial charge in [-0.15, -0.1) is 0 Å². The number of benzene rings is 1. The van der Waals surface area contributed by atoms with Gasteiger partial charge in [-0.3, -0.25) is 24.2 Å². The van der Waals surface area contributed by atoms with Gasteiger partial charge in [0.15, 0.2) is 0 Å². The fourth-order valence-electron chi connectivity index (χ4n) is 2.49. The topological polar surface area (TPSA) is 127 Å². The summed E-state index contributed by atoms with van der Waals surface area (Å²) < 4.78 is 0. The zero-order valence-electron chi connectivity index (χ0n) is 16.5. The first-order valence-electron chi connectivity index (χ1n) is 8.81.